The lowest BCUT2D eigenvalue weighted by molar-refractivity contribution is -0.167. The lowest BCUT2D eigenvalue weighted by Crippen LogP contribution is -2.30. The minimum atomic E-state index is -0.760. The van der Waals surface area contributed by atoms with Crippen LogP contribution in [0.1, 0.15) is 297 Å². The van der Waals surface area contributed by atoms with E-state index in [0.717, 1.165) is 63.7 Å². The van der Waals surface area contributed by atoms with Gasteiger partial charge in [-0.25, -0.2) is 0 Å². The fraction of sp³-hybridized carbons (Fsp3) is 0.943. The first-order valence-corrected chi connectivity index (χ1v) is 26.4. The fourth-order valence-electron chi connectivity index (χ4n) is 8.04. The molecule has 0 fully saturated rings. The summed E-state index contributed by atoms with van der Waals surface area (Å²) >= 11 is 0. The average Bonchev–Trinajstić information content (AvgIpc) is 3.22. The zero-order valence-electron chi connectivity index (χ0n) is 40.2. The van der Waals surface area contributed by atoms with E-state index < -0.39 is 6.10 Å². The van der Waals surface area contributed by atoms with Crippen LogP contribution in [0.5, 0.6) is 0 Å². The van der Waals surface area contributed by atoms with Crippen molar-refractivity contribution in [2.45, 2.75) is 303 Å². The van der Waals surface area contributed by atoms with Gasteiger partial charge in [-0.3, -0.25) is 14.4 Å². The molecule has 0 saturated carbocycles. The van der Waals surface area contributed by atoms with Crippen LogP contribution in [-0.4, -0.2) is 37.2 Å². The zero-order valence-corrected chi connectivity index (χ0v) is 40.2. The van der Waals surface area contributed by atoms with Crippen LogP contribution in [0.4, 0.5) is 0 Å². The summed E-state index contributed by atoms with van der Waals surface area (Å²) in [6.45, 7) is 9.03. The van der Waals surface area contributed by atoms with Gasteiger partial charge in [0.2, 0.25) is 0 Å². The summed E-state index contributed by atoms with van der Waals surface area (Å²) in [6.07, 6.45) is 49.4. The summed E-state index contributed by atoms with van der Waals surface area (Å²) in [4.78, 5) is 37.9. The Bertz CT molecular complexity index is 887. The monoisotopic (exact) mass is 835 g/mol. The van der Waals surface area contributed by atoms with Crippen molar-refractivity contribution in [2.75, 3.05) is 13.2 Å². The average molecular weight is 835 g/mol. The van der Waals surface area contributed by atoms with Crippen LogP contribution in [0.25, 0.3) is 0 Å². The van der Waals surface area contributed by atoms with E-state index in [1.807, 2.05) is 0 Å². The van der Waals surface area contributed by atoms with Crippen LogP contribution in [0.2, 0.25) is 0 Å². The van der Waals surface area contributed by atoms with Gasteiger partial charge in [-0.05, 0) is 25.2 Å². The highest BCUT2D eigenvalue weighted by atomic mass is 16.6. The minimum absolute atomic E-state index is 0.0625. The topological polar surface area (TPSA) is 78.9 Å². The van der Waals surface area contributed by atoms with Crippen molar-refractivity contribution in [1.82, 2.24) is 0 Å². The highest BCUT2D eigenvalue weighted by Crippen LogP contribution is 2.17. The van der Waals surface area contributed by atoms with Crippen LogP contribution in [0.15, 0.2) is 0 Å². The summed E-state index contributed by atoms with van der Waals surface area (Å²) in [5, 5.41) is 0. The van der Waals surface area contributed by atoms with Gasteiger partial charge in [-0.2, -0.15) is 0 Å². The molecule has 0 radical (unpaired) electrons. The van der Waals surface area contributed by atoms with E-state index in [0.29, 0.717) is 19.3 Å². The third-order valence-electron chi connectivity index (χ3n) is 12.0. The first-order chi connectivity index (χ1) is 28.9. The maximum absolute atomic E-state index is 12.8. The molecule has 0 saturated heterocycles. The molecule has 1 atom stereocenters. The first-order valence-electron chi connectivity index (χ1n) is 26.4. The number of carbonyl (C=O) groups is 3. The Morgan fingerprint density at radius 3 is 0.831 bits per heavy atom. The summed E-state index contributed by atoms with van der Waals surface area (Å²) in [6, 6.07) is 0. The van der Waals surface area contributed by atoms with Gasteiger partial charge in [-0.1, -0.05) is 259 Å². The molecule has 0 aromatic carbocycles. The Balaban J connectivity index is 4.30. The first kappa shape index (κ1) is 57.4. The van der Waals surface area contributed by atoms with E-state index in [9.17, 15) is 14.4 Å². The Morgan fingerprint density at radius 2 is 0.559 bits per heavy atom. The highest BCUT2D eigenvalue weighted by Gasteiger charge is 2.19. The molecule has 0 N–H and O–H groups in total. The van der Waals surface area contributed by atoms with Gasteiger partial charge in [0.15, 0.2) is 6.10 Å². The van der Waals surface area contributed by atoms with E-state index in [2.05, 4.69) is 27.7 Å². The molecule has 0 spiro atoms. The van der Waals surface area contributed by atoms with Crippen molar-refractivity contribution in [1.29, 1.82) is 0 Å². The molecule has 350 valence electrons. The van der Waals surface area contributed by atoms with E-state index in [4.69, 9.17) is 14.2 Å². The van der Waals surface area contributed by atoms with Gasteiger partial charge < -0.3 is 14.2 Å². The third kappa shape index (κ3) is 47.3. The van der Waals surface area contributed by atoms with Gasteiger partial charge in [0.05, 0.1) is 0 Å². The number of rotatable bonds is 48. The predicted molar refractivity (Wildman–Crippen MR) is 252 cm³/mol. The summed E-state index contributed by atoms with van der Waals surface area (Å²) in [5.74, 6) is -0.00456. The molecule has 0 aromatic rings. The lowest BCUT2D eigenvalue weighted by atomic mass is 10.0. The number of carbonyl (C=O) groups excluding carboxylic acids is 3. The highest BCUT2D eigenvalue weighted by molar-refractivity contribution is 5.71. The molecule has 59 heavy (non-hydrogen) atoms. The Hall–Kier alpha value is -1.59. The molecule has 0 rings (SSSR count). The van der Waals surface area contributed by atoms with Gasteiger partial charge >= 0.3 is 17.9 Å². The normalized spacial score (nSPS) is 11.9. The number of unbranched alkanes of at least 4 members (excludes halogenated alkanes) is 35. The second-order valence-electron chi connectivity index (χ2n) is 18.6. The zero-order chi connectivity index (χ0) is 43.1. The number of ether oxygens (including phenoxy) is 3. The van der Waals surface area contributed by atoms with Gasteiger partial charge in [0.25, 0.3) is 0 Å². The van der Waals surface area contributed by atoms with Crippen LogP contribution in [0.3, 0.4) is 0 Å². The van der Waals surface area contributed by atoms with Gasteiger partial charge in [0, 0.05) is 19.3 Å². The van der Waals surface area contributed by atoms with Crippen molar-refractivity contribution in [3.05, 3.63) is 0 Å². The SMILES string of the molecule is CCCCCCCCCCCCCCCCC(=O)OC[C@H](COC(=O)CCCCCCCCCCCCC)OC(=O)CCCCCCCCCCCCCCCC(C)C. The molecular weight excluding hydrogens is 733 g/mol. The number of esters is 3. The molecule has 0 aliphatic rings. The third-order valence-corrected chi connectivity index (χ3v) is 12.0. The standard InChI is InChI=1S/C53H102O6/c1-5-7-9-11-13-15-17-18-21-25-29-33-37-41-45-52(55)58-48-50(47-57-51(54)44-40-36-32-28-23-16-14-12-10-8-6-2)59-53(56)46-42-38-34-30-26-22-19-20-24-27-31-35-39-43-49(3)4/h49-50H,5-48H2,1-4H3/t50-/m0/s1. The molecule has 0 heterocycles. The van der Waals surface area contributed by atoms with E-state index in [1.54, 1.807) is 0 Å². The Morgan fingerprint density at radius 1 is 0.322 bits per heavy atom. The number of hydrogen-bond donors (Lipinski definition) is 0. The maximum Gasteiger partial charge on any atom is 0.306 e. The van der Waals surface area contributed by atoms with Crippen LogP contribution < -0.4 is 0 Å². The predicted octanol–water partition coefficient (Wildman–Crippen LogP) is 17.1. The summed E-state index contributed by atoms with van der Waals surface area (Å²) < 4.78 is 16.8. The van der Waals surface area contributed by atoms with E-state index in [1.165, 1.54) is 193 Å². The van der Waals surface area contributed by atoms with Gasteiger partial charge in [0.1, 0.15) is 13.2 Å². The molecule has 0 aliphatic carbocycles. The van der Waals surface area contributed by atoms with Crippen molar-refractivity contribution in [3.63, 3.8) is 0 Å². The molecule has 0 aliphatic heterocycles. The van der Waals surface area contributed by atoms with Gasteiger partial charge in [-0.15, -0.1) is 0 Å². The Labute approximate surface area is 368 Å². The van der Waals surface area contributed by atoms with E-state index in [-0.39, 0.29) is 31.1 Å². The maximum atomic E-state index is 12.8. The van der Waals surface area contributed by atoms with Crippen LogP contribution >= 0.6 is 0 Å². The van der Waals surface area contributed by atoms with Crippen LogP contribution in [0, 0.1) is 5.92 Å². The minimum Gasteiger partial charge on any atom is -0.462 e. The molecule has 6 nitrogen and oxygen atoms in total. The van der Waals surface area contributed by atoms with E-state index >= 15 is 0 Å². The largest absolute Gasteiger partial charge is 0.462 e. The Kier molecular flexibility index (Phi) is 46.2. The number of hydrogen-bond acceptors (Lipinski definition) is 6. The summed E-state index contributed by atoms with van der Waals surface area (Å²) in [7, 11) is 0. The lowest BCUT2D eigenvalue weighted by Gasteiger charge is -2.18. The second kappa shape index (κ2) is 47.5. The fourth-order valence-corrected chi connectivity index (χ4v) is 8.04. The van der Waals surface area contributed by atoms with Crippen LogP contribution in [-0.2, 0) is 28.6 Å². The van der Waals surface area contributed by atoms with Crippen molar-refractivity contribution in [2.24, 2.45) is 5.92 Å². The second-order valence-corrected chi connectivity index (χ2v) is 18.6. The molecule has 0 bridgehead atoms. The van der Waals surface area contributed by atoms with Crippen molar-refractivity contribution >= 4 is 17.9 Å². The quantitative estimate of drug-likeness (QED) is 0.0345. The van der Waals surface area contributed by atoms with Crippen molar-refractivity contribution < 1.29 is 28.6 Å². The molecular formula is C53H102O6. The molecule has 6 heteroatoms. The smallest absolute Gasteiger partial charge is 0.306 e. The molecule has 0 amide bonds. The summed E-state index contributed by atoms with van der Waals surface area (Å²) in [5.41, 5.74) is 0. The molecule has 0 unspecified atom stereocenters. The van der Waals surface area contributed by atoms with Crippen molar-refractivity contribution in [3.8, 4) is 0 Å². The molecule has 0 aromatic heterocycles.